The van der Waals surface area contributed by atoms with Crippen molar-refractivity contribution in [3.05, 3.63) is 29.8 Å². The molecule has 2 amide bonds. The van der Waals surface area contributed by atoms with Crippen LogP contribution in [0.3, 0.4) is 0 Å². The Morgan fingerprint density at radius 1 is 1.04 bits per heavy atom. The van der Waals surface area contributed by atoms with Crippen molar-refractivity contribution in [1.29, 1.82) is 0 Å². The van der Waals surface area contributed by atoms with Gasteiger partial charge in [0.25, 0.3) is 0 Å². The van der Waals surface area contributed by atoms with Crippen LogP contribution in [0.5, 0.6) is 0 Å². The molecule has 7 heteroatoms. The summed E-state index contributed by atoms with van der Waals surface area (Å²) in [4.78, 5) is 25.2. The van der Waals surface area contributed by atoms with Gasteiger partial charge in [-0.15, -0.1) is 0 Å². The molecule has 6 nitrogen and oxygen atoms in total. The van der Waals surface area contributed by atoms with E-state index in [9.17, 15) is 18.0 Å². The minimum Gasteiger partial charge on any atom is -0.273 e. The largest absolute Gasteiger partial charge is 0.273 e. The normalized spacial score (nSPS) is 18.5. The van der Waals surface area contributed by atoms with E-state index < -0.39 is 9.84 Å². The van der Waals surface area contributed by atoms with Crippen LogP contribution in [-0.4, -0.2) is 49.6 Å². The topological polar surface area (TPSA) is 74.8 Å². The van der Waals surface area contributed by atoms with E-state index in [0.717, 1.165) is 37.5 Å². The molecule has 0 unspecified atom stereocenters. The zero-order valence-electron chi connectivity index (χ0n) is 13.8. The summed E-state index contributed by atoms with van der Waals surface area (Å²) in [5.41, 5.74) is 0.746. The lowest BCUT2D eigenvalue weighted by Crippen LogP contribution is -2.48. The van der Waals surface area contributed by atoms with Gasteiger partial charge in [0.1, 0.15) is 0 Å². The number of hydrogen-bond donors (Lipinski definition) is 0. The number of nitrogens with zero attached hydrogens (tertiary/aromatic N) is 2. The molecule has 0 N–H and O–H groups in total. The van der Waals surface area contributed by atoms with Crippen LogP contribution in [0, 0.1) is 5.92 Å². The predicted octanol–water partition coefficient (Wildman–Crippen LogP) is 1.41. The van der Waals surface area contributed by atoms with E-state index in [-0.39, 0.29) is 29.0 Å². The summed E-state index contributed by atoms with van der Waals surface area (Å²) in [6, 6.07) is 6.34. The summed E-state index contributed by atoms with van der Waals surface area (Å²) >= 11 is 0. The third kappa shape index (κ3) is 3.45. The minimum absolute atomic E-state index is 0.0690. The summed E-state index contributed by atoms with van der Waals surface area (Å²) in [5.74, 6) is 0.0271. The highest BCUT2D eigenvalue weighted by Gasteiger charge is 2.36. The van der Waals surface area contributed by atoms with Crippen molar-refractivity contribution < 1.29 is 18.0 Å². The van der Waals surface area contributed by atoms with Crippen LogP contribution in [-0.2, 0) is 25.8 Å². The first-order chi connectivity index (χ1) is 11.4. The summed E-state index contributed by atoms with van der Waals surface area (Å²) in [5, 5.41) is 3.17. The second-order valence-corrected chi connectivity index (χ2v) is 8.57. The van der Waals surface area contributed by atoms with E-state index in [1.807, 2.05) is 0 Å². The maximum Gasteiger partial charge on any atom is 0.245 e. The zero-order chi connectivity index (χ0) is 17.3. The van der Waals surface area contributed by atoms with E-state index >= 15 is 0 Å². The number of hydrogen-bond acceptors (Lipinski definition) is 4. The lowest BCUT2D eigenvalue weighted by atomic mass is 9.84. The Balaban J connectivity index is 1.66. The molecular formula is C17H22N2O4S. The van der Waals surface area contributed by atoms with Crippen LogP contribution in [0.1, 0.15) is 31.2 Å². The molecule has 0 bridgehead atoms. The lowest BCUT2D eigenvalue weighted by Gasteiger charge is -2.34. The number of carbonyl (C=O) groups excluding carboxylic acids is 2. The second kappa shape index (κ2) is 6.55. The number of rotatable bonds is 4. The van der Waals surface area contributed by atoms with Gasteiger partial charge in [0.2, 0.25) is 11.8 Å². The molecule has 3 rings (SSSR count). The Kier molecular flexibility index (Phi) is 4.62. The first-order valence-corrected chi connectivity index (χ1v) is 10.2. The number of amides is 2. The summed E-state index contributed by atoms with van der Waals surface area (Å²) in [6.07, 6.45) is 5.05. The maximum atomic E-state index is 12.6. The number of sulfone groups is 1. The van der Waals surface area contributed by atoms with Crippen LogP contribution in [0.4, 0.5) is 0 Å². The lowest BCUT2D eigenvalue weighted by molar-refractivity contribution is -0.162. The van der Waals surface area contributed by atoms with E-state index in [4.69, 9.17) is 0 Å². The minimum atomic E-state index is -3.24. The molecule has 1 aromatic carbocycles. The van der Waals surface area contributed by atoms with Crippen molar-refractivity contribution in [3.63, 3.8) is 0 Å². The van der Waals surface area contributed by atoms with E-state index in [1.54, 1.807) is 22.2 Å². The van der Waals surface area contributed by atoms with Gasteiger partial charge in [-0.2, -0.15) is 0 Å². The summed E-state index contributed by atoms with van der Waals surface area (Å²) in [6.45, 7) is 1.17. The van der Waals surface area contributed by atoms with Gasteiger partial charge in [0, 0.05) is 25.3 Å². The molecule has 1 heterocycles. The fourth-order valence-electron chi connectivity index (χ4n) is 3.09. The molecule has 2 aliphatic rings. The van der Waals surface area contributed by atoms with Gasteiger partial charge in [-0.3, -0.25) is 19.6 Å². The van der Waals surface area contributed by atoms with Gasteiger partial charge in [-0.1, -0.05) is 18.6 Å². The van der Waals surface area contributed by atoms with Crippen LogP contribution in [0.25, 0.3) is 0 Å². The molecule has 1 saturated carbocycles. The van der Waals surface area contributed by atoms with E-state index in [1.165, 1.54) is 12.1 Å². The number of carbonyl (C=O) groups is 2. The molecular weight excluding hydrogens is 328 g/mol. The first-order valence-electron chi connectivity index (χ1n) is 8.27. The first kappa shape index (κ1) is 17.0. The van der Waals surface area contributed by atoms with E-state index in [2.05, 4.69) is 0 Å². The monoisotopic (exact) mass is 350 g/mol. The molecule has 2 fully saturated rings. The quantitative estimate of drug-likeness (QED) is 0.823. The zero-order valence-corrected chi connectivity index (χ0v) is 14.6. The van der Waals surface area contributed by atoms with Crippen molar-refractivity contribution in [2.24, 2.45) is 5.92 Å². The van der Waals surface area contributed by atoms with Crippen molar-refractivity contribution in [3.8, 4) is 0 Å². The fraction of sp³-hybridized carbons (Fsp3) is 0.529. The maximum absolute atomic E-state index is 12.6. The average molecular weight is 350 g/mol. The summed E-state index contributed by atoms with van der Waals surface area (Å²) < 4.78 is 22.9. The third-order valence-electron chi connectivity index (χ3n) is 4.73. The molecule has 1 aliphatic heterocycles. The van der Waals surface area contributed by atoms with Gasteiger partial charge in [-0.05, 0) is 37.0 Å². The van der Waals surface area contributed by atoms with Crippen molar-refractivity contribution in [1.82, 2.24) is 10.0 Å². The average Bonchev–Trinajstić information content (AvgIpc) is 2.94. The van der Waals surface area contributed by atoms with Gasteiger partial charge < -0.3 is 0 Å². The van der Waals surface area contributed by atoms with Crippen molar-refractivity contribution >= 4 is 21.7 Å². The molecule has 130 valence electrons. The second-order valence-electron chi connectivity index (χ2n) is 6.55. The molecule has 0 radical (unpaired) electrons. The Morgan fingerprint density at radius 2 is 1.67 bits per heavy atom. The molecule has 0 spiro atoms. The summed E-state index contributed by atoms with van der Waals surface area (Å²) in [7, 11) is -3.24. The highest BCUT2D eigenvalue weighted by atomic mass is 32.2. The smallest absolute Gasteiger partial charge is 0.245 e. The third-order valence-corrected chi connectivity index (χ3v) is 5.86. The Labute approximate surface area is 142 Å². The number of hydrazine groups is 1. The van der Waals surface area contributed by atoms with Crippen LogP contribution in [0.15, 0.2) is 29.2 Å². The van der Waals surface area contributed by atoms with E-state index in [0.29, 0.717) is 13.1 Å². The Bertz CT molecular complexity index is 738. The molecule has 0 atom stereocenters. The van der Waals surface area contributed by atoms with Gasteiger partial charge in [0.15, 0.2) is 9.84 Å². The standard InChI is InChI=1S/C17H22N2O4S/c1-24(22,23)15-8-6-13(7-9-15)12-16(20)18-10-3-11-19(18)17(21)14-4-2-5-14/h6-9,14H,2-5,10-12H2,1H3. The highest BCUT2D eigenvalue weighted by Crippen LogP contribution is 2.30. The fourth-order valence-corrected chi connectivity index (χ4v) is 3.72. The number of benzene rings is 1. The van der Waals surface area contributed by atoms with Crippen LogP contribution >= 0.6 is 0 Å². The Hall–Kier alpha value is -1.89. The van der Waals surface area contributed by atoms with Crippen molar-refractivity contribution in [2.75, 3.05) is 19.3 Å². The highest BCUT2D eigenvalue weighted by molar-refractivity contribution is 7.90. The van der Waals surface area contributed by atoms with Crippen LogP contribution < -0.4 is 0 Å². The van der Waals surface area contributed by atoms with Gasteiger partial charge >= 0.3 is 0 Å². The molecule has 1 aliphatic carbocycles. The van der Waals surface area contributed by atoms with Gasteiger partial charge in [-0.25, -0.2) is 8.42 Å². The molecule has 24 heavy (non-hydrogen) atoms. The predicted molar refractivity (Wildman–Crippen MR) is 88.6 cm³/mol. The SMILES string of the molecule is CS(=O)(=O)c1ccc(CC(=O)N2CCCN2C(=O)C2CCC2)cc1. The van der Waals surface area contributed by atoms with Crippen molar-refractivity contribution in [2.45, 2.75) is 37.0 Å². The molecule has 1 aromatic rings. The molecule has 0 aromatic heterocycles. The Morgan fingerprint density at radius 3 is 2.21 bits per heavy atom. The molecule has 1 saturated heterocycles. The van der Waals surface area contributed by atoms with Gasteiger partial charge in [0.05, 0.1) is 11.3 Å². The van der Waals surface area contributed by atoms with Crippen LogP contribution in [0.2, 0.25) is 0 Å².